The van der Waals surface area contributed by atoms with E-state index in [0.717, 1.165) is 11.1 Å². The monoisotopic (exact) mass is 574 g/mol. The van der Waals surface area contributed by atoms with Crippen molar-refractivity contribution in [3.8, 4) is 0 Å². The maximum Gasteiger partial charge on any atom is 0.435 e. The number of nitrogens with zero attached hydrogens (tertiary/aromatic N) is 2. The Morgan fingerprint density at radius 2 is 1.69 bits per heavy atom. The molecule has 2 unspecified atom stereocenters. The zero-order valence-electron chi connectivity index (χ0n) is 19.1. The van der Waals surface area contributed by atoms with Gasteiger partial charge in [-0.05, 0) is 47.9 Å². The molecule has 0 N–H and O–H groups in total. The molecule has 11 heteroatoms. The van der Waals surface area contributed by atoms with E-state index in [1.807, 2.05) is 13.0 Å². The van der Waals surface area contributed by atoms with Crippen molar-refractivity contribution in [2.24, 2.45) is 9.52 Å². The predicted molar refractivity (Wildman–Crippen MR) is 138 cm³/mol. The maximum atomic E-state index is 14.2. The first-order valence-corrected chi connectivity index (χ1v) is 13.7. The molecular formula is C25H20Cl3F3N2O2S. The van der Waals surface area contributed by atoms with Crippen LogP contribution in [-0.2, 0) is 26.7 Å². The highest BCUT2D eigenvalue weighted by atomic mass is 35.5. The first-order valence-electron chi connectivity index (χ1n) is 10.6. The first-order chi connectivity index (χ1) is 16.8. The van der Waals surface area contributed by atoms with Crippen molar-refractivity contribution in [1.29, 1.82) is 0 Å². The molecule has 190 valence electrons. The Morgan fingerprint density at radius 3 is 2.28 bits per heavy atom. The Hall–Kier alpha value is -2.26. The van der Waals surface area contributed by atoms with Crippen molar-refractivity contribution < 1.29 is 22.2 Å². The molecule has 3 aromatic rings. The van der Waals surface area contributed by atoms with Crippen LogP contribution in [0.2, 0.25) is 15.1 Å². The lowest BCUT2D eigenvalue weighted by atomic mass is 9.86. The molecule has 1 aliphatic rings. The number of halogens is 6. The van der Waals surface area contributed by atoms with E-state index in [1.165, 1.54) is 24.5 Å². The van der Waals surface area contributed by atoms with Gasteiger partial charge in [-0.2, -0.15) is 13.2 Å². The SMILES string of the molecule is Cc1cccc(Cl)c1S(C)(=O)=NCc1ccc(C2=NOC(c3cc(Cl)cc(Cl)c3)(C(F)(F)F)C2)cc1. The van der Waals surface area contributed by atoms with Gasteiger partial charge >= 0.3 is 6.18 Å². The van der Waals surface area contributed by atoms with Gasteiger partial charge in [-0.15, -0.1) is 0 Å². The average molecular weight is 576 g/mol. The van der Waals surface area contributed by atoms with Crippen LogP contribution in [0.1, 0.15) is 28.7 Å². The maximum absolute atomic E-state index is 14.2. The van der Waals surface area contributed by atoms with Crippen LogP contribution in [0.15, 0.2) is 75.1 Å². The van der Waals surface area contributed by atoms with E-state index >= 15 is 0 Å². The smallest absolute Gasteiger partial charge is 0.374 e. The molecule has 4 nitrogen and oxygen atoms in total. The van der Waals surface area contributed by atoms with Crippen molar-refractivity contribution in [2.75, 3.05) is 6.26 Å². The quantitative estimate of drug-likeness (QED) is 0.308. The van der Waals surface area contributed by atoms with Crippen molar-refractivity contribution in [1.82, 2.24) is 0 Å². The molecule has 0 bridgehead atoms. The number of aryl methyl sites for hydroxylation is 1. The van der Waals surface area contributed by atoms with Gasteiger partial charge in [0.1, 0.15) is 0 Å². The first kappa shape index (κ1) is 26.8. The average Bonchev–Trinajstić information content (AvgIpc) is 3.24. The molecule has 4 rings (SSSR count). The van der Waals surface area contributed by atoms with Gasteiger partial charge in [0, 0.05) is 28.3 Å². The van der Waals surface area contributed by atoms with E-state index < -0.39 is 27.9 Å². The number of hydrogen-bond donors (Lipinski definition) is 0. The fourth-order valence-electron chi connectivity index (χ4n) is 4.01. The normalized spacial score (nSPS) is 19.4. The molecule has 3 aromatic carbocycles. The number of oxime groups is 1. The van der Waals surface area contributed by atoms with E-state index in [2.05, 4.69) is 9.52 Å². The van der Waals surface area contributed by atoms with E-state index in [1.54, 1.807) is 36.4 Å². The van der Waals surface area contributed by atoms with Crippen molar-refractivity contribution >= 4 is 50.2 Å². The zero-order valence-corrected chi connectivity index (χ0v) is 22.2. The van der Waals surface area contributed by atoms with Gasteiger partial charge in [0.15, 0.2) is 0 Å². The van der Waals surface area contributed by atoms with E-state index in [0.29, 0.717) is 15.5 Å². The summed E-state index contributed by atoms with van der Waals surface area (Å²) < 4.78 is 60.2. The molecular weight excluding hydrogens is 556 g/mol. The van der Waals surface area contributed by atoms with Crippen molar-refractivity contribution in [3.05, 3.63) is 98.0 Å². The fraction of sp³-hybridized carbons (Fsp3) is 0.240. The molecule has 0 spiro atoms. The molecule has 1 aliphatic heterocycles. The van der Waals surface area contributed by atoms with Gasteiger partial charge < -0.3 is 4.84 Å². The van der Waals surface area contributed by atoms with Gasteiger partial charge in [0.05, 0.1) is 31.9 Å². The molecule has 0 saturated carbocycles. The van der Waals surface area contributed by atoms with Crippen LogP contribution in [0.3, 0.4) is 0 Å². The minimum absolute atomic E-state index is 0.0609. The Bertz CT molecular complexity index is 1430. The number of alkyl halides is 3. The number of rotatable bonds is 5. The number of hydrogen-bond acceptors (Lipinski definition) is 4. The van der Waals surface area contributed by atoms with Crippen LogP contribution in [-0.4, -0.2) is 22.4 Å². The second-order valence-electron chi connectivity index (χ2n) is 8.46. The molecule has 0 aromatic heterocycles. The summed E-state index contributed by atoms with van der Waals surface area (Å²) in [6.45, 7) is 1.95. The lowest BCUT2D eigenvalue weighted by Gasteiger charge is -2.29. The van der Waals surface area contributed by atoms with Crippen LogP contribution >= 0.6 is 34.8 Å². The minimum atomic E-state index is -4.77. The summed E-state index contributed by atoms with van der Waals surface area (Å²) in [5, 5.41) is 4.27. The summed E-state index contributed by atoms with van der Waals surface area (Å²) in [5.41, 5.74) is -0.848. The Balaban J connectivity index is 1.57. The lowest BCUT2D eigenvalue weighted by molar-refractivity contribution is -0.275. The summed E-state index contributed by atoms with van der Waals surface area (Å²) in [6.07, 6.45) is -3.80. The molecule has 0 amide bonds. The standard InChI is InChI=1S/C25H20Cl3F3N2O2S/c1-15-4-3-5-21(28)23(15)36(2,34)32-14-16-6-8-17(9-7-16)22-13-24(35-33-22,25(29,30)31)18-10-19(26)12-20(27)11-18/h3-12H,13-14H2,1-2H3. The van der Waals surface area contributed by atoms with Crippen LogP contribution < -0.4 is 0 Å². The van der Waals surface area contributed by atoms with Crippen LogP contribution in [0.5, 0.6) is 0 Å². The molecule has 2 atom stereocenters. The second kappa shape index (κ2) is 9.89. The third-order valence-corrected chi connectivity index (χ3v) is 8.62. The largest absolute Gasteiger partial charge is 0.435 e. The Labute approximate surface area is 222 Å². The van der Waals surface area contributed by atoms with E-state index in [4.69, 9.17) is 39.6 Å². The Kier molecular flexibility index (Phi) is 7.36. The van der Waals surface area contributed by atoms with Crippen LogP contribution in [0.4, 0.5) is 13.2 Å². The van der Waals surface area contributed by atoms with Crippen molar-refractivity contribution in [2.45, 2.75) is 36.6 Å². The molecule has 36 heavy (non-hydrogen) atoms. The molecule has 0 radical (unpaired) electrons. The van der Waals surface area contributed by atoms with E-state index in [-0.39, 0.29) is 27.9 Å². The molecule has 1 heterocycles. The Morgan fingerprint density at radius 1 is 1.06 bits per heavy atom. The van der Waals surface area contributed by atoms with E-state index in [9.17, 15) is 17.4 Å². The minimum Gasteiger partial charge on any atom is -0.374 e. The highest BCUT2D eigenvalue weighted by molar-refractivity contribution is 7.93. The summed E-state index contributed by atoms with van der Waals surface area (Å²) in [5.74, 6) is 0. The van der Waals surface area contributed by atoms with Gasteiger partial charge in [-0.1, -0.05) is 76.4 Å². The molecule has 0 fully saturated rings. The van der Waals surface area contributed by atoms with Gasteiger partial charge in [0.25, 0.3) is 5.60 Å². The second-order valence-corrected chi connectivity index (χ2v) is 12.0. The van der Waals surface area contributed by atoms with Gasteiger partial charge in [0.2, 0.25) is 0 Å². The third-order valence-electron chi connectivity index (χ3n) is 5.84. The molecule has 0 aliphatic carbocycles. The third kappa shape index (κ3) is 5.23. The van der Waals surface area contributed by atoms with Crippen LogP contribution in [0.25, 0.3) is 0 Å². The highest BCUT2D eigenvalue weighted by Crippen LogP contribution is 2.49. The van der Waals surface area contributed by atoms with Gasteiger partial charge in [-0.25, -0.2) is 8.57 Å². The van der Waals surface area contributed by atoms with Gasteiger partial charge in [-0.3, -0.25) is 0 Å². The summed E-state index contributed by atoms with van der Waals surface area (Å²) in [6, 6.07) is 15.6. The molecule has 0 saturated heterocycles. The fourth-order valence-corrected chi connectivity index (χ4v) is 6.80. The summed E-state index contributed by atoms with van der Waals surface area (Å²) in [7, 11) is -2.76. The topological polar surface area (TPSA) is 51.0 Å². The zero-order chi connectivity index (χ0) is 26.3. The van der Waals surface area contributed by atoms with Crippen molar-refractivity contribution in [3.63, 3.8) is 0 Å². The lowest BCUT2D eigenvalue weighted by Crippen LogP contribution is -2.42. The predicted octanol–water partition coefficient (Wildman–Crippen LogP) is 8.19. The summed E-state index contributed by atoms with van der Waals surface area (Å²) in [4.78, 5) is 5.53. The van der Waals surface area contributed by atoms with Crippen LogP contribution in [0, 0.1) is 6.92 Å². The highest BCUT2D eigenvalue weighted by Gasteiger charge is 2.62. The summed E-state index contributed by atoms with van der Waals surface area (Å²) >= 11 is 18.1. The number of benzene rings is 3.